The van der Waals surface area contributed by atoms with Gasteiger partial charge in [0, 0.05) is 42.8 Å². The van der Waals surface area contributed by atoms with Gasteiger partial charge in [-0.15, -0.1) is 0 Å². The second kappa shape index (κ2) is 12.3. The van der Waals surface area contributed by atoms with Crippen molar-refractivity contribution in [3.63, 3.8) is 0 Å². The van der Waals surface area contributed by atoms with E-state index in [1.165, 1.54) is 10.6 Å². The van der Waals surface area contributed by atoms with Gasteiger partial charge in [0.2, 0.25) is 5.95 Å². The zero-order valence-electron chi connectivity index (χ0n) is 24.2. The molecule has 1 amide bonds. The second-order valence-electron chi connectivity index (χ2n) is 10.4. The molecule has 4 aromatic rings. The van der Waals surface area contributed by atoms with Gasteiger partial charge < -0.3 is 24.6 Å². The van der Waals surface area contributed by atoms with Gasteiger partial charge in [0.1, 0.15) is 17.3 Å². The van der Waals surface area contributed by atoms with Gasteiger partial charge in [0.15, 0.2) is 0 Å². The molecule has 1 atom stereocenters. The summed E-state index contributed by atoms with van der Waals surface area (Å²) in [6.45, 7) is 5.87. The molecular weight excluding hydrogens is 516 g/mol. The zero-order valence-corrected chi connectivity index (χ0v) is 24.2. The van der Waals surface area contributed by atoms with Gasteiger partial charge in [-0.05, 0) is 81.9 Å². The van der Waals surface area contributed by atoms with Crippen LogP contribution in [0.2, 0.25) is 0 Å². The van der Waals surface area contributed by atoms with Crippen molar-refractivity contribution >= 4 is 34.9 Å². The summed E-state index contributed by atoms with van der Waals surface area (Å²) in [5.74, 6) is 1.71. The lowest BCUT2D eigenvalue weighted by Crippen LogP contribution is -2.31. The van der Waals surface area contributed by atoms with Crippen LogP contribution in [0.15, 0.2) is 79.0 Å². The summed E-state index contributed by atoms with van der Waals surface area (Å²) < 4.78 is 11.5. The molecule has 0 unspecified atom stereocenters. The average molecular weight is 553 g/mol. The number of benzene rings is 3. The van der Waals surface area contributed by atoms with Crippen LogP contribution >= 0.6 is 0 Å². The predicted octanol–water partition coefficient (Wildman–Crippen LogP) is 6.32. The summed E-state index contributed by atoms with van der Waals surface area (Å²) in [7, 11) is 5.83. The molecule has 9 heteroatoms. The van der Waals surface area contributed by atoms with Gasteiger partial charge in [0.05, 0.1) is 12.8 Å². The highest BCUT2D eigenvalue weighted by atomic mass is 16.6. The number of anilines is 5. The molecule has 0 saturated carbocycles. The van der Waals surface area contributed by atoms with Gasteiger partial charge >= 0.3 is 6.09 Å². The molecule has 3 aromatic carbocycles. The minimum Gasteiger partial charge on any atom is -0.495 e. The van der Waals surface area contributed by atoms with Crippen LogP contribution in [-0.2, 0) is 0 Å². The summed E-state index contributed by atoms with van der Waals surface area (Å²) in [5.41, 5.74) is 4.25. The maximum Gasteiger partial charge on any atom is 0.425 e. The molecular formula is C32H36N6O3. The van der Waals surface area contributed by atoms with Crippen molar-refractivity contribution in [1.29, 1.82) is 0 Å². The van der Waals surface area contributed by atoms with E-state index in [2.05, 4.69) is 51.3 Å². The van der Waals surface area contributed by atoms with Crippen LogP contribution in [0.25, 0.3) is 0 Å². The average Bonchev–Trinajstić information content (AvgIpc) is 3.47. The first kappa shape index (κ1) is 27.9. The Morgan fingerprint density at radius 1 is 0.976 bits per heavy atom. The van der Waals surface area contributed by atoms with Crippen LogP contribution in [0.4, 0.5) is 33.6 Å². The number of para-hydroxylation sites is 3. The fourth-order valence-electron chi connectivity index (χ4n) is 5.04. The molecule has 5 rings (SSSR count). The number of carbonyl (C=O) groups is 1. The van der Waals surface area contributed by atoms with Gasteiger partial charge in [-0.2, -0.15) is 4.98 Å². The Morgan fingerprint density at radius 3 is 2.39 bits per heavy atom. The van der Waals surface area contributed by atoms with Crippen LogP contribution < -0.4 is 24.6 Å². The highest BCUT2D eigenvalue weighted by Gasteiger charge is 2.27. The largest absolute Gasteiger partial charge is 0.495 e. The van der Waals surface area contributed by atoms with E-state index in [-0.39, 0.29) is 0 Å². The number of likely N-dealkylation sites (N-methyl/N-ethyl adjacent to an activating group) is 1. The van der Waals surface area contributed by atoms with E-state index in [1.54, 1.807) is 31.5 Å². The van der Waals surface area contributed by atoms with Crippen LogP contribution in [0.3, 0.4) is 0 Å². The van der Waals surface area contributed by atoms with Crippen molar-refractivity contribution in [2.75, 3.05) is 49.4 Å². The number of rotatable bonds is 8. The first-order valence-corrected chi connectivity index (χ1v) is 13.7. The fourth-order valence-corrected chi connectivity index (χ4v) is 5.04. The third-order valence-electron chi connectivity index (χ3n) is 7.36. The molecule has 0 radical (unpaired) electrons. The monoisotopic (exact) mass is 552 g/mol. The summed E-state index contributed by atoms with van der Waals surface area (Å²) in [6.07, 6.45) is 2.16. The van der Waals surface area contributed by atoms with Crippen molar-refractivity contribution in [3.8, 4) is 11.5 Å². The number of carbonyl (C=O) groups excluding carboxylic acids is 1. The second-order valence-corrected chi connectivity index (χ2v) is 10.4. The van der Waals surface area contributed by atoms with E-state index in [0.29, 0.717) is 35.0 Å². The van der Waals surface area contributed by atoms with E-state index >= 15 is 0 Å². The van der Waals surface area contributed by atoms with Crippen molar-refractivity contribution in [1.82, 2.24) is 14.9 Å². The molecule has 1 N–H and O–H groups in total. The Bertz CT molecular complexity index is 1490. The normalized spacial score (nSPS) is 14.7. The first-order valence-electron chi connectivity index (χ1n) is 13.7. The molecule has 1 aromatic heterocycles. The maximum absolute atomic E-state index is 13.7. The number of amides is 1. The third kappa shape index (κ3) is 6.25. The lowest BCUT2D eigenvalue weighted by molar-refractivity contribution is 0.209. The Balaban J connectivity index is 1.41. The molecule has 0 bridgehead atoms. The highest BCUT2D eigenvalue weighted by Crippen LogP contribution is 2.35. The molecule has 2 heterocycles. The number of ether oxygens (including phenoxy) is 2. The minimum atomic E-state index is -0.609. The minimum absolute atomic E-state index is 0.339. The van der Waals surface area contributed by atoms with Gasteiger partial charge in [-0.25, -0.2) is 14.7 Å². The molecule has 9 nitrogen and oxygen atoms in total. The molecule has 41 heavy (non-hydrogen) atoms. The van der Waals surface area contributed by atoms with Crippen molar-refractivity contribution in [3.05, 3.63) is 90.1 Å². The van der Waals surface area contributed by atoms with Gasteiger partial charge in [-0.3, -0.25) is 0 Å². The Morgan fingerprint density at radius 2 is 1.71 bits per heavy atom. The lowest BCUT2D eigenvalue weighted by atomic mass is 10.1. The summed E-state index contributed by atoms with van der Waals surface area (Å²) in [4.78, 5) is 28.9. The van der Waals surface area contributed by atoms with Crippen molar-refractivity contribution in [2.45, 2.75) is 26.3 Å². The van der Waals surface area contributed by atoms with E-state index < -0.39 is 6.09 Å². The number of aryl methyl sites for hydroxylation is 2. The van der Waals surface area contributed by atoms with E-state index in [1.807, 2.05) is 56.3 Å². The third-order valence-corrected chi connectivity index (χ3v) is 7.36. The number of nitrogens with zero attached hydrogens (tertiary/aromatic N) is 5. The molecule has 1 saturated heterocycles. The van der Waals surface area contributed by atoms with Gasteiger partial charge in [-0.1, -0.05) is 30.3 Å². The van der Waals surface area contributed by atoms with Crippen molar-refractivity contribution < 1.29 is 14.3 Å². The molecule has 1 aliphatic heterocycles. The topological polar surface area (TPSA) is 83.1 Å². The molecule has 1 aliphatic rings. The smallest absolute Gasteiger partial charge is 0.425 e. The van der Waals surface area contributed by atoms with Crippen molar-refractivity contribution in [2.24, 2.45) is 0 Å². The number of nitrogens with one attached hydrogen (secondary N) is 1. The molecule has 1 fully saturated rings. The van der Waals surface area contributed by atoms with Crippen LogP contribution in [-0.4, -0.2) is 61.3 Å². The Hall–Kier alpha value is -4.63. The zero-order chi connectivity index (χ0) is 28.9. The maximum atomic E-state index is 13.7. The summed E-state index contributed by atoms with van der Waals surface area (Å²) >= 11 is 0. The van der Waals surface area contributed by atoms with Crippen LogP contribution in [0.5, 0.6) is 11.5 Å². The highest BCUT2D eigenvalue weighted by molar-refractivity contribution is 5.98. The molecule has 0 spiro atoms. The van der Waals surface area contributed by atoms with Gasteiger partial charge in [0.25, 0.3) is 0 Å². The fraction of sp³-hybridized carbons (Fsp3) is 0.281. The van der Waals surface area contributed by atoms with Crippen LogP contribution in [0.1, 0.15) is 17.5 Å². The SMILES string of the molecule is COc1ccccc1N(C(=O)Oc1c(C)cccc1C)c1ccnc(Nc2ccc(N3CC[C@@H](N(C)C)C3)cc2)n1. The summed E-state index contributed by atoms with van der Waals surface area (Å²) in [5, 5.41) is 3.27. The number of hydrogen-bond donors (Lipinski definition) is 1. The standard InChI is InChI=1S/C32H36N6O3/c1-22-9-8-10-23(2)30(22)41-32(39)38(27-11-6-7-12-28(27)40-5)29-17-19-33-31(35-29)34-24-13-15-25(16-14-24)37-20-18-26(21-37)36(3)4/h6-17,19,26H,18,20-21H2,1-5H3,(H,33,34,35)/t26-/m1/s1. The first-order chi connectivity index (χ1) is 19.8. The predicted molar refractivity (Wildman–Crippen MR) is 163 cm³/mol. The molecule has 212 valence electrons. The van der Waals surface area contributed by atoms with Crippen LogP contribution in [0, 0.1) is 13.8 Å². The van der Waals surface area contributed by atoms with E-state index in [0.717, 1.165) is 36.3 Å². The van der Waals surface area contributed by atoms with E-state index in [4.69, 9.17) is 9.47 Å². The van der Waals surface area contributed by atoms with E-state index in [9.17, 15) is 4.79 Å². The molecule has 0 aliphatic carbocycles. The number of aromatic nitrogens is 2. The lowest BCUT2D eigenvalue weighted by Gasteiger charge is -2.24. The number of hydrogen-bond acceptors (Lipinski definition) is 8. The Labute approximate surface area is 241 Å². The summed E-state index contributed by atoms with van der Waals surface area (Å²) in [6, 6.07) is 23.5. The Kier molecular flexibility index (Phi) is 8.35. The quantitative estimate of drug-likeness (QED) is 0.272. The number of methoxy groups -OCH3 is 1.